The molecule has 0 aliphatic heterocycles. The first-order chi connectivity index (χ1) is 33.4. The second-order valence-corrected chi connectivity index (χ2v) is 16.7. The van der Waals surface area contributed by atoms with E-state index < -0.39 is 17.2 Å². The third-order valence-corrected chi connectivity index (χ3v) is 12.5. The number of aryl methyl sites for hydroxylation is 1. The Morgan fingerprint density at radius 2 is 1.07 bits per heavy atom. The van der Waals surface area contributed by atoms with Crippen LogP contribution in [0.15, 0.2) is 237 Å². The number of pyridine rings is 1. The van der Waals surface area contributed by atoms with Gasteiger partial charge in [0.05, 0.1) is 6.20 Å². The van der Waals surface area contributed by atoms with Crippen LogP contribution in [0.3, 0.4) is 0 Å². The molecule has 68 heavy (non-hydrogen) atoms. The van der Waals surface area contributed by atoms with E-state index >= 15 is 0 Å². The van der Waals surface area contributed by atoms with Gasteiger partial charge in [-0.1, -0.05) is 224 Å². The van der Waals surface area contributed by atoms with E-state index in [1.165, 1.54) is 4.90 Å². The Morgan fingerprint density at radius 1 is 0.632 bits per heavy atom. The lowest BCUT2D eigenvalue weighted by Crippen LogP contribution is -2.39. The fourth-order valence-corrected chi connectivity index (χ4v) is 9.44. The summed E-state index contributed by atoms with van der Waals surface area (Å²) in [6, 6.07) is 73.9. The maximum atomic E-state index is 13.0. The number of aromatic nitrogens is 6. The highest BCUT2D eigenvalue weighted by molar-refractivity contribution is 5.94. The van der Waals surface area contributed by atoms with Crippen LogP contribution in [0.2, 0.25) is 0 Å². The van der Waals surface area contributed by atoms with E-state index in [1.807, 2.05) is 133 Å². The van der Waals surface area contributed by atoms with Crippen molar-refractivity contribution >= 4 is 28.6 Å². The van der Waals surface area contributed by atoms with Gasteiger partial charge in [0.1, 0.15) is 22.4 Å². The molecule has 0 unspecified atom stereocenters. The second kappa shape index (κ2) is 18.9. The van der Waals surface area contributed by atoms with Crippen molar-refractivity contribution < 1.29 is 9.90 Å². The lowest BCUT2D eigenvalue weighted by molar-refractivity contribution is 0.148. The number of hydrogen-bond acceptors (Lipinski definition) is 6. The van der Waals surface area contributed by atoms with Crippen LogP contribution in [0.1, 0.15) is 50.1 Å². The summed E-state index contributed by atoms with van der Waals surface area (Å²) in [6.45, 7) is 0.266. The Balaban J connectivity index is 1.30. The van der Waals surface area contributed by atoms with E-state index in [-0.39, 0.29) is 13.1 Å². The first-order valence-corrected chi connectivity index (χ1v) is 22.5. The first kappa shape index (κ1) is 43.0. The minimum absolute atomic E-state index is 0.0686. The van der Waals surface area contributed by atoms with Gasteiger partial charge in [-0.15, -0.1) is 5.10 Å². The van der Waals surface area contributed by atoms with Gasteiger partial charge in [0.2, 0.25) is 0 Å². The summed E-state index contributed by atoms with van der Waals surface area (Å²) in [5, 5.41) is 29.5. The van der Waals surface area contributed by atoms with Crippen LogP contribution in [0.5, 0.6) is 0 Å². The maximum Gasteiger partial charge on any atom is 0.407 e. The van der Waals surface area contributed by atoms with Crippen molar-refractivity contribution in [2.75, 3.05) is 11.9 Å². The first-order valence-electron chi connectivity index (χ1n) is 22.5. The molecule has 10 aromatic rings. The van der Waals surface area contributed by atoms with Crippen LogP contribution in [-0.4, -0.2) is 52.4 Å². The summed E-state index contributed by atoms with van der Waals surface area (Å²) >= 11 is 0. The highest BCUT2D eigenvalue weighted by atomic mass is 16.4. The van der Waals surface area contributed by atoms with Crippen LogP contribution < -0.4 is 5.32 Å². The number of anilines is 1. The highest BCUT2D eigenvalue weighted by Crippen LogP contribution is 2.45. The molecular weight excluding hydrogens is 841 g/mol. The highest BCUT2D eigenvalue weighted by Gasteiger charge is 2.43. The van der Waals surface area contributed by atoms with Gasteiger partial charge in [-0.05, 0) is 50.6 Å². The number of hydrogen-bond donors (Lipinski definition) is 2. The van der Waals surface area contributed by atoms with Gasteiger partial charge in [-0.25, -0.2) is 14.5 Å². The van der Waals surface area contributed by atoms with Crippen molar-refractivity contribution in [3.63, 3.8) is 0 Å². The van der Waals surface area contributed by atoms with Gasteiger partial charge in [-0.3, -0.25) is 4.68 Å². The van der Waals surface area contributed by atoms with Crippen LogP contribution in [0.4, 0.5) is 10.6 Å². The van der Waals surface area contributed by atoms with Crippen LogP contribution in [0, 0.1) is 0 Å². The van der Waals surface area contributed by atoms with Gasteiger partial charge in [0.25, 0.3) is 0 Å². The molecule has 0 atom stereocenters. The average molecular weight is 889 g/mol. The fraction of sp³-hybridized carbons (Fsp3) is 0.0862. The average Bonchev–Trinajstić information content (AvgIpc) is 4.04. The number of benzene rings is 7. The topological polar surface area (TPSA) is 114 Å². The molecule has 0 saturated carbocycles. The summed E-state index contributed by atoms with van der Waals surface area (Å²) in [5.41, 5.74) is 7.93. The van der Waals surface area contributed by atoms with Gasteiger partial charge >= 0.3 is 6.09 Å². The number of nitrogens with zero attached hydrogens (tertiary/aromatic N) is 7. The van der Waals surface area contributed by atoms with Crippen LogP contribution in [0.25, 0.3) is 16.7 Å². The predicted octanol–water partition coefficient (Wildman–Crippen LogP) is 11.4. The summed E-state index contributed by atoms with van der Waals surface area (Å²) in [4.78, 5) is 20.0. The molecule has 3 aromatic heterocycles. The Hall–Kier alpha value is -8.89. The molecule has 0 radical (unpaired) electrons. The summed E-state index contributed by atoms with van der Waals surface area (Å²) in [6.07, 6.45) is 4.63. The molecule has 0 bridgehead atoms. The fourth-order valence-electron chi connectivity index (χ4n) is 9.44. The van der Waals surface area contributed by atoms with Gasteiger partial charge in [0.15, 0.2) is 5.65 Å². The number of carbonyl (C=O) groups is 1. The van der Waals surface area contributed by atoms with E-state index in [9.17, 15) is 9.90 Å². The zero-order valence-corrected chi connectivity index (χ0v) is 37.4. The molecule has 10 nitrogen and oxygen atoms in total. The number of fused-ring (bicyclic) bond motifs is 1. The molecule has 332 valence electrons. The Bertz CT molecular complexity index is 3100. The molecule has 10 rings (SSSR count). The molecule has 2 N–H and O–H groups in total. The normalized spacial score (nSPS) is 11.9. The van der Waals surface area contributed by atoms with Crippen molar-refractivity contribution in [1.29, 1.82) is 0 Å². The van der Waals surface area contributed by atoms with E-state index in [0.717, 1.165) is 50.1 Å². The van der Waals surface area contributed by atoms with E-state index in [1.54, 1.807) is 10.9 Å². The van der Waals surface area contributed by atoms with Crippen molar-refractivity contribution in [1.82, 2.24) is 34.7 Å². The molecular formula is C58H48N8O2. The standard InChI is InChI=1S/C58H48N8O2/c1-64-42-44(40-59-64)51(37-38-65(56(67)68)41-43-23-9-2-10-24-43)52-39-53(61-57(45-25-11-3-12-26-45,46-27-13-4-14-28-46)47-29-15-5-16-30-47)60-55-54(52)62-63-66(55)58(48-31-17-6-18-32-48,49-33-19-7-20-34-49)50-35-21-8-22-36-50/h2-37,39-40,42H,38,41H2,1H3,(H,60,61)(H,67,68)/b51-37-. The lowest BCUT2D eigenvalue weighted by atomic mass is 9.77. The second-order valence-electron chi connectivity index (χ2n) is 16.7. The number of carboxylic acid groups (broad SMARTS) is 1. The quantitative estimate of drug-likeness (QED) is 0.0985. The van der Waals surface area contributed by atoms with Crippen molar-refractivity contribution in [2.45, 2.75) is 17.6 Å². The zero-order chi connectivity index (χ0) is 46.3. The summed E-state index contributed by atoms with van der Waals surface area (Å²) in [5.74, 6) is 0.532. The van der Waals surface area contributed by atoms with Gasteiger partial charge < -0.3 is 15.3 Å². The number of nitrogens with one attached hydrogen (secondary N) is 1. The SMILES string of the molecule is Cn1cc(/C(=C/CN(Cc2ccccc2)C(=O)O)c2cc(NC(c3ccccc3)(c3ccccc3)c3ccccc3)nc3c2nnn3C(c2ccccc2)(c2ccccc2)c2ccccc2)cn1. The van der Waals surface area contributed by atoms with Crippen LogP contribution >= 0.6 is 0 Å². The molecule has 0 spiro atoms. The lowest BCUT2D eigenvalue weighted by Gasteiger charge is -2.38. The van der Waals surface area contributed by atoms with E-state index in [0.29, 0.717) is 22.5 Å². The molecule has 1 amide bonds. The molecule has 0 saturated heterocycles. The summed E-state index contributed by atoms with van der Waals surface area (Å²) < 4.78 is 3.69. The smallest absolute Gasteiger partial charge is 0.407 e. The minimum Gasteiger partial charge on any atom is -0.465 e. The van der Waals surface area contributed by atoms with Gasteiger partial charge in [-0.2, -0.15) is 5.10 Å². The number of amides is 1. The minimum atomic E-state index is -1.06. The largest absolute Gasteiger partial charge is 0.465 e. The van der Waals surface area contributed by atoms with E-state index in [2.05, 4.69) is 120 Å². The van der Waals surface area contributed by atoms with Crippen LogP contribution in [-0.2, 0) is 24.7 Å². The maximum absolute atomic E-state index is 13.0. The Labute approximate surface area is 395 Å². The van der Waals surface area contributed by atoms with Crippen molar-refractivity contribution in [3.05, 3.63) is 287 Å². The van der Waals surface area contributed by atoms with E-state index in [4.69, 9.17) is 15.3 Å². The predicted molar refractivity (Wildman–Crippen MR) is 268 cm³/mol. The molecule has 3 heterocycles. The molecule has 0 fully saturated rings. The molecule has 10 heteroatoms. The third-order valence-electron chi connectivity index (χ3n) is 12.5. The molecule has 7 aromatic carbocycles. The monoisotopic (exact) mass is 888 g/mol. The summed E-state index contributed by atoms with van der Waals surface area (Å²) in [7, 11) is 1.87. The van der Waals surface area contributed by atoms with Crippen molar-refractivity contribution in [2.24, 2.45) is 7.05 Å². The Kier molecular flexibility index (Phi) is 12.0. The third kappa shape index (κ3) is 8.09. The zero-order valence-electron chi connectivity index (χ0n) is 37.4. The Morgan fingerprint density at radius 3 is 1.50 bits per heavy atom. The van der Waals surface area contributed by atoms with Gasteiger partial charge in [0, 0.05) is 37.5 Å². The number of rotatable bonds is 15. The molecule has 0 aliphatic carbocycles. The molecule has 0 aliphatic rings. The van der Waals surface area contributed by atoms with Crippen molar-refractivity contribution in [3.8, 4) is 0 Å².